The van der Waals surface area contributed by atoms with E-state index < -0.39 is 28.3 Å². The van der Waals surface area contributed by atoms with Gasteiger partial charge in [-0.25, -0.2) is 12.8 Å². The molecule has 7 nitrogen and oxygen atoms in total. The van der Waals surface area contributed by atoms with E-state index in [4.69, 9.17) is 9.47 Å². The normalized spacial score (nSPS) is 12.8. The van der Waals surface area contributed by atoms with Crippen molar-refractivity contribution in [3.63, 3.8) is 0 Å². The first-order valence-electron chi connectivity index (χ1n) is 10.3. The standard InChI is InChI=1S/C24H23FN2O5S/c1-17-4-2-3-5-18(17)15-26-24(28)16-27(20-8-6-19(25)7-9-20)33(29,30)21-10-11-22-23(14-21)32-13-12-31-22/h2-11,14H,12-13,15-16H2,1H3,(H,26,28). The molecule has 0 aromatic heterocycles. The zero-order chi connectivity index (χ0) is 23.4. The van der Waals surface area contributed by atoms with Crippen molar-refractivity contribution in [1.82, 2.24) is 5.32 Å². The van der Waals surface area contributed by atoms with E-state index in [1.807, 2.05) is 31.2 Å². The van der Waals surface area contributed by atoms with Gasteiger partial charge in [0.05, 0.1) is 10.6 Å². The highest BCUT2D eigenvalue weighted by atomic mass is 32.2. The third-order valence-electron chi connectivity index (χ3n) is 5.24. The van der Waals surface area contributed by atoms with Gasteiger partial charge in [0.15, 0.2) is 11.5 Å². The van der Waals surface area contributed by atoms with E-state index in [-0.39, 0.29) is 17.1 Å². The van der Waals surface area contributed by atoms with Crippen LogP contribution in [0, 0.1) is 12.7 Å². The summed E-state index contributed by atoms with van der Waals surface area (Å²) in [6.07, 6.45) is 0. The second-order valence-corrected chi connectivity index (χ2v) is 9.36. The number of ether oxygens (including phenoxy) is 2. The molecule has 1 amide bonds. The Morgan fingerprint density at radius 3 is 2.42 bits per heavy atom. The lowest BCUT2D eigenvalue weighted by molar-refractivity contribution is -0.119. The molecule has 33 heavy (non-hydrogen) atoms. The predicted octanol–water partition coefficient (Wildman–Crippen LogP) is 3.42. The number of carbonyl (C=O) groups excluding carboxylic acids is 1. The summed E-state index contributed by atoms with van der Waals surface area (Å²) in [7, 11) is -4.17. The molecule has 0 bridgehead atoms. The van der Waals surface area contributed by atoms with E-state index in [9.17, 15) is 17.6 Å². The third-order valence-corrected chi connectivity index (χ3v) is 7.01. The molecule has 0 fully saturated rings. The number of fused-ring (bicyclic) bond motifs is 1. The highest BCUT2D eigenvalue weighted by molar-refractivity contribution is 7.92. The molecule has 4 rings (SSSR count). The van der Waals surface area contributed by atoms with Crippen molar-refractivity contribution in [2.45, 2.75) is 18.4 Å². The van der Waals surface area contributed by atoms with Crippen LogP contribution in [-0.4, -0.2) is 34.1 Å². The number of carbonyl (C=O) groups is 1. The Morgan fingerprint density at radius 2 is 1.70 bits per heavy atom. The number of amides is 1. The van der Waals surface area contributed by atoms with Crippen LogP contribution < -0.4 is 19.1 Å². The van der Waals surface area contributed by atoms with Gasteiger partial charge in [0.1, 0.15) is 25.6 Å². The molecular formula is C24H23FN2O5S. The van der Waals surface area contributed by atoms with Crippen molar-refractivity contribution in [2.24, 2.45) is 0 Å². The minimum absolute atomic E-state index is 0.0669. The van der Waals surface area contributed by atoms with Crippen molar-refractivity contribution in [3.05, 3.63) is 83.7 Å². The minimum atomic E-state index is -4.17. The van der Waals surface area contributed by atoms with Gasteiger partial charge in [-0.15, -0.1) is 0 Å². The highest BCUT2D eigenvalue weighted by Crippen LogP contribution is 2.34. The lowest BCUT2D eigenvalue weighted by Gasteiger charge is -2.25. The molecule has 1 heterocycles. The summed E-state index contributed by atoms with van der Waals surface area (Å²) in [6, 6.07) is 16.8. The average Bonchev–Trinajstić information content (AvgIpc) is 2.82. The van der Waals surface area contributed by atoms with Crippen LogP contribution in [0.3, 0.4) is 0 Å². The first-order valence-corrected chi connectivity index (χ1v) is 11.8. The molecule has 3 aromatic carbocycles. The van der Waals surface area contributed by atoms with Crippen LogP contribution in [0.15, 0.2) is 71.6 Å². The summed E-state index contributed by atoms with van der Waals surface area (Å²) < 4.78 is 52.4. The molecule has 3 aromatic rings. The first-order chi connectivity index (χ1) is 15.8. The van der Waals surface area contributed by atoms with Gasteiger partial charge in [-0.1, -0.05) is 24.3 Å². The lowest BCUT2D eigenvalue weighted by Crippen LogP contribution is -2.40. The van der Waals surface area contributed by atoms with Crippen molar-refractivity contribution in [3.8, 4) is 11.5 Å². The summed E-state index contributed by atoms with van der Waals surface area (Å²) in [5.74, 6) is -0.252. The summed E-state index contributed by atoms with van der Waals surface area (Å²) in [5, 5.41) is 2.76. The Kier molecular flexibility index (Phi) is 6.50. The summed E-state index contributed by atoms with van der Waals surface area (Å²) in [5.41, 5.74) is 2.10. The maximum absolute atomic E-state index is 13.5. The number of sulfonamides is 1. The number of hydrogen-bond donors (Lipinski definition) is 1. The van der Waals surface area contributed by atoms with Crippen LogP contribution in [0.5, 0.6) is 11.5 Å². The van der Waals surface area contributed by atoms with Crippen LogP contribution in [-0.2, 0) is 21.4 Å². The van der Waals surface area contributed by atoms with Gasteiger partial charge in [0, 0.05) is 12.6 Å². The zero-order valence-corrected chi connectivity index (χ0v) is 18.8. The van der Waals surface area contributed by atoms with Crippen LogP contribution in [0.2, 0.25) is 0 Å². The van der Waals surface area contributed by atoms with Gasteiger partial charge in [-0.05, 0) is 54.4 Å². The van der Waals surface area contributed by atoms with Gasteiger partial charge in [-0.3, -0.25) is 9.10 Å². The maximum atomic E-state index is 13.5. The molecule has 0 radical (unpaired) electrons. The molecule has 0 saturated heterocycles. The van der Waals surface area contributed by atoms with Gasteiger partial charge in [-0.2, -0.15) is 0 Å². The number of halogens is 1. The molecule has 1 aliphatic heterocycles. The fraction of sp³-hybridized carbons (Fsp3) is 0.208. The van der Waals surface area contributed by atoms with E-state index >= 15 is 0 Å². The molecular weight excluding hydrogens is 447 g/mol. The first kappa shape index (κ1) is 22.6. The topological polar surface area (TPSA) is 84.9 Å². The average molecular weight is 471 g/mol. The van der Waals surface area contributed by atoms with Crippen LogP contribution in [0.1, 0.15) is 11.1 Å². The van der Waals surface area contributed by atoms with Crippen molar-refractivity contribution < 1.29 is 27.1 Å². The lowest BCUT2D eigenvalue weighted by atomic mass is 10.1. The molecule has 0 unspecified atom stereocenters. The van der Waals surface area contributed by atoms with Gasteiger partial charge < -0.3 is 14.8 Å². The van der Waals surface area contributed by atoms with E-state index in [1.54, 1.807) is 0 Å². The van der Waals surface area contributed by atoms with Crippen molar-refractivity contribution in [2.75, 3.05) is 24.1 Å². The van der Waals surface area contributed by atoms with Gasteiger partial charge in [0.25, 0.3) is 10.0 Å². The molecule has 1 aliphatic rings. The Morgan fingerprint density at radius 1 is 1.00 bits per heavy atom. The summed E-state index contributed by atoms with van der Waals surface area (Å²) >= 11 is 0. The highest BCUT2D eigenvalue weighted by Gasteiger charge is 2.29. The molecule has 0 atom stereocenters. The minimum Gasteiger partial charge on any atom is -0.486 e. The zero-order valence-electron chi connectivity index (χ0n) is 18.0. The Bertz CT molecular complexity index is 1260. The Labute approximate surface area is 191 Å². The largest absolute Gasteiger partial charge is 0.486 e. The summed E-state index contributed by atoms with van der Waals surface area (Å²) in [6.45, 7) is 2.39. The quantitative estimate of drug-likeness (QED) is 0.572. The van der Waals surface area contributed by atoms with E-state index in [2.05, 4.69) is 5.32 Å². The number of anilines is 1. The second kappa shape index (κ2) is 9.50. The van der Waals surface area contributed by atoms with E-state index in [0.29, 0.717) is 24.7 Å². The molecule has 0 saturated carbocycles. The van der Waals surface area contributed by atoms with Crippen LogP contribution in [0.4, 0.5) is 10.1 Å². The maximum Gasteiger partial charge on any atom is 0.264 e. The number of nitrogens with zero attached hydrogens (tertiary/aromatic N) is 1. The molecule has 0 aliphatic carbocycles. The molecule has 0 spiro atoms. The smallest absolute Gasteiger partial charge is 0.264 e. The molecule has 1 N–H and O–H groups in total. The van der Waals surface area contributed by atoms with Crippen LogP contribution in [0.25, 0.3) is 0 Å². The fourth-order valence-electron chi connectivity index (χ4n) is 3.42. The SMILES string of the molecule is Cc1ccccc1CNC(=O)CN(c1ccc(F)cc1)S(=O)(=O)c1ccc2c(c1)OCCO2. The predicted molar refractivity (Wildman–Crippen MR) is 121 cm³/mol. The van der Waals surface area contributed by atoms with Crippen molar-refractivity contribution in [1.29, 1.82) is 0 Å². The van der Waals surface area contributed by atoms with Gasteiger partial charge in [0.2, 0.25) is 5.91 Å². The van der Waals surface area contributed by atoms with Gasteiger partial charge >= 0.3 is 0 Å². The number of aryl methyl sites for hydroxylation is 1. The van der Waals surface area contributed by atoms with Crippen molar-refractivity contribution >= 4 is 21.6 Å². The van der Waals surface area contributed by atoms with E-state index in [1.165, 1.54) is 30.3 Å². The fourth-order valence-corrected chi connectivity index (χ4v) is 4.86. The number of nitrogens with one attached hydrogen (secondary N) is 1. The monoisotopic (exact) mass is 470 g/mol. The number of rotatable bonds is 7. The number of hydrogen-bond acceptors (Lipinski definition) is 5. The Hall–Kier alpha value is -3.59. The van der Waals surface area contributed by atoms with E-state index in [0.717, 1.165) is 27.6 Å². The molecule has 9 heteroatoms. The summed E-state index contributed by atoms with van der Waals surface area (Å²) in [4.78, 5) is 12.7. The van der Waals surface area contributed by atoms with Crippen LogP contribution >= 0.6 is 0 Å². The third kappa shape index (κ3) is 5.09. The Balaban J connectivity index is 1.61. The number of benzene rings is 3. The molecule has 172 valence electrons. The second-order valence-electron chi connectivity index (χ2n) is 7.50.